The van der Waals surface area contributed by atoms with Crippen LogP contribution >= 0.6 is 0 Å². The van der Waals surface area contributed by atoms with Gasteiger partial charge in [-0.25, -0.2) is 0 Å². The van der Waals surface area contributed by atoms with Crippen LogP contribution in [0, 0.1) is 17.3 Å². The number of carbonyl (C=O) groups excluding carboxylic acids is 1. The number of benzene rings is 2. The number of likely N-dealkylation sites (tertiary alicyclic amines) is 1. The maximum atomic E-state index is 11.7. The number of nitrogens with zero attached hydrogens (tertiary/aromatic N) is 2. The van der Waals surface area contributed by atoms with Gasteiger partial charge in [0.05, 0.1) is 25.5 Å². The lowest BCUT2D eigenvalue weighted by Gasteiger charge is -2.55. The highest BCUT2D eigenvalue weighted by Crippen LogP contribution is 2.38. The first-order chi connectivity index (χ1) is 16.5. The van der Waals surface area contributed by atoms with Crippen LogP contribution in [0.5, 0.6) is 0 Å². The number of ketones is 1. The highest BCUT2D eigenvalue weighted by atomic mass is 16.5. The molecule has 2 fully saturated rings. The number of aliphatic imine (C=N–C) groups is 1. The van der Waals surface area contributed by atoms with E-state index >= 15 is 0 Å². The minimum Gasteiger partial charge on any atom is -0.503 e. The molecule has 0 amide bonds. The van der Waals surface area contributed by atoms with E-state index in [1.54, 1.807) is 0 Å². The monoisotopic (exact) mass is 456 g/mol. The number of rotatable bonds is 6. The summed E-state index contributed by atoms with van der Waals surface area (Å²) in [6, 6.07) is 16.1. The zero-order valence-electron chi connectivity index (χ0n) is 19.0. The summed E-state index contributed by atoms with van der Waals surface area (Å²) >= 11 is 0. The molecular formula is C28H28N2O4. The molecule has 6 heteroatoms. The van der Waals surface area contributed by atoms with E-state index < -0.39 is 0 Å². The average molecular weight is 457 g/mol. The number of hydrogen-bond donors (Lipinski definition) is 2. The summed E-state index contributed by atoms with van der Waals surface area (Å²) < 4.78 is 5.34. The van der Waals surface area contributed by atoms with E-state index in [-0.39, 0.29) is 30.5 Å². The highest BCUT2D eigenvalue weighted by molar-refractivity contribution is 6.03. The SMILES string of the molecule is O=C1CC=NC(CC(CO)c2ccc(C#Cc3ccc(CN4CC5(COC5)C4)cc3)cc2)=C1O. The van der Waals surface area contributed by atoms with Gasteiger partial charge in [0.15, 0.2) is 5.76 Å². The summed E-state index contributed by atoms with van der Waals surface area (Å²) in [4.78, 5) is 18.3. The Morgan fingerprint density at radius 1 is 1.03 bits per heavy atom. The molecular weight excluding hydrogens is 428 g/mol. The number of aliphatic hydroxyl groups excluding tert-OH is 2. The van der Waals surface area contributed by atoms with Crippen molar-refractivity contribution < 1.29 is 19.7 Å². The Hall–Kier alpha value is -3.24. The van der Waals surface area contributed by atoms with Gasteiger partial charge in [0.25, 0.3) is 0 Å². The quantitative estimate of drug-likeness (QED) is 0.653. The Bertz CT molecular complexity index is 1170. The van der Waals surface area contributed by atoms with Gasteiger partial charge < -0.3 is 14.9 Å². The Kier molecular flexibility index (Phi) is 6.34. The average Bonchev–Trinajstić information content (AvgIpc) is 2.81. The normalized spacial score (nSPS) is 19.9. The fourth-order valence-corrected chi connectivity index (χ4v) is 4.75. The molecule has 0 aromatic heterocycles. The summed E-state index contributed by atoms with van der Waals surface area (Å²) in [6.07, 6.45) is 1.92. The Morgan fingerprint density at radius 3 is 2.26 bits per heavy atom. The fraction of sp³-hybridized carbons (Fsp3) is 0.357. The van der Waals surface area contributed by atoms with Crippen LogP contribution < -0.4 is 0 Å². The maximum Gasteiger partial charge on any atom is 0.204 e. The van der Waals surface area contributed by atoms with Crippen LogP contribution in [0.25, 0.3) is 0 Å². The molecule has 1 unspecified atom stereocenters. The highest BCUT2D eigenvalue weighted by Gasteiger charge is 2.48. The molecule has 3 heterocycles. The number of hydrogen-bond acceptors (Lipinski definition) is 6. The minimum absolute atomic E-state index is 0.107. The molecule has 2 saturated heterocycles. The molecule has 1 atom stereocenters. The molecule has 6 nitrogen and oxygen atoms in total. The van der Waals surface area contributed by atoms with Crippen molar-refractivity contribution in [2.24, 2.45) is 10.4 Å². The van der Waals surface area contributed by atoms with Crippen molar-refractivity contribution in [1.82, 2.24) is 4.90 Å². The second-order valence-corrected chi connectivity index (χ2v) is 9.52. The van der Waals surface area contributed by atoms with E-state index in [2.05, 4.69) is 46.0 Å². The number of aliphatic hydroxyl groups is 2. The third-order valence-corrected chi connectivity index (χ3v) is 6.75. The lowest BCUT2D eigenvalue weighted by Crippen LogP contribution is -2.65. The van der Waals surface area contributed by atoms with Gasteiger partial charge in [-0.1, -0.05) is 36.1 Å². The second-order valence-electron chi connectivity index (χ2n) is 9.52. The predicted octanol–water partition coefficient (Wildman–Crippen LogP) is 3.20. The zero-order valence-corrected chi connectivity index (χ0v) is 19.0. The Morgan fingerprint density at radius 2 is 1.68 bits per heavy atom. The molecule has 174 valence electrons. The van der Waals surface area contributed by atoms with Crippen molar-refractivity contribution in [2.75, 3.05) is 32.9 Å². The van der Waals surface area contributed by atoms with Crippen LogP contribution in [-0.4, -0.2) is 60.0 Å². The first kappa shape index (κ1) is 22.5. The van der Waals surface area contributed by atoms with Crippen molar-refractivity contribution in [3.05, 3.63) is 82.2 Å². The van der Waals surface area contributed by atoms with Crippen LogP contribution in [-0.2, 0) is 16.1 Å². The van der Waals surface area contributed by atoms with Crippen LogP contribution in [0.2, 0.25) is 0 Å². The summed E-state index contributed by atoms with van der Waals surface area (Å²) in [5, 5.41) is 19.8. The van der Waals surface area contributed by atoms with Gasteiger partial charge in [-0.05, 0) is 35.4 Å². The lowest BCUT2D eigenvalue weighted by atomic mass is 9.78. The largest absolute Gasteiger partial charge is 0.503 e. The molecule has 3 aliphatic rings. The maximum absolute atomic E-state index is 11.7. The van der Waals surface area contributed by atoms with Gasteiger partial charge in [0.2, 0.25) is 5.78 Å². The summed E-state index contributed by atoms with van der Waals surface area (Å²) in [6.45, 7) is 4.95. The third kappa shape index (κ3) is 4.83. The fourth-order valence-electron chi connectivity index (χ4n) is 4.75. The molecule has 0 radical (unpaired) electrons. The van der Waals surface area contributed by atoms with E-state index in [4.69, 9.17) is 4.74 Å². The molecule has 3 aliphatic heterocycles. The van der Waals surface area contributed by atoms with Crippen LogP contribution in [0.4, 0.5) is 0 Å². The zero-order chi connectivity index (χ0) is 23.5. The molecule has 2 aromatic rings. The van der Waals surface area contributed by atoms with Crippen LogP contribution in [0.15, 0.2) is 65.0 Å². The molecule has 5 rings (SSSR count). The van der Waals surface area contributed by atoms with Crippen molar-refractivity contribution in [1.29, 1.82) is 0 Å². The minimum atomic E-state index is -0.335. The third-order valence-electron chi connectivity index (χ3n) is 6.75. The molecule has 0 aliphatic carbocycles. The van der Waals surface area contributed by atoms with Gasteiger partial charge in [-0.15, -0.1) is 0 Å². The lowest BCUT2D eigenvalue weighted by molar-refractivity contribution is -0.191. The second kappa shape index (κ2) is 9.55. The standard InChI is InChI=1S/C28H28N2O4/c31-15-24(13-25-27(33)26(32)11-12-29-25)23-9-7-21(8-10-23)2-1-20-3-5-22(6-4-20)14-30-16-28(17-30)18-34-19-28/h3-10,12,24,31,33H,11,13-19H2. The van der Waals surface area contributed by atoms with Crippen molar-refractivity contribution in [3.8, 4) is 11.8 Å². The van der Waals surface area contributed by atoms with E-state index in [0.29, 0.717) is 17.5 Å². The number of ether oxygens (including phenoxy) is 1. The molecule has 0 bridgehead atoms. The van der Waals surface area contributed by atoms with Crippen molar-refractivity contribution >= 4 is 12.0 Å². The van der Waals surface area contributed by atoms with E-state index in [9.17, 15) is 15.0 Å². The van der Waals surface area contributed by atoms with E-state index in [0.717, 1.165) is 49.5 Å². The Labute approximate surface area is 199 Å². The van der Waals surface area contributed by atoms with E-state index in [1.165, 1.54) is 11.8 Å². The smallest absolute Gasteiger partial charge is 0.204 e. The van der Waals surface area contributed by atoms with Crippen molar-refractivity contribution in [3.63, 3.8) is 0 Å². The first-order valence-electron chi connectivity index (χ1n) is 11.6. The molecule has 1 spiro atoms. The summed E-state index contributed by atoms with van der Waals surface area (Å²) in [5.41, 5.74) is 4.83. The first-order valence-corrected chi connectivity index (χ1v) is 11.6. The van der Waals surface area contributed by atoms with E-state index in [1.807, 2.05) is 24.3 Å². The predicted molar refractivity (Wildman–Crippen MR) is 130 cm³/mol. The topological polar surface area (TPSA) is 82.4 Å². The number of carbonyl (C=O) groups is 1. The van der Waals surface area contributed by atoms with Crippen LogP contribution in [0.3, 0.4) is 0 Å². The molecule has 34 heavy (non-hydrogen) atoms. The molecule has 0 saturated carbocycles. The summed E-state index contributed by atoms with van der Waals surface area (Å²) in [7, 11) is 0. The summed E-state index contributed by atoms with van der Waals surface area (Å²) in [5.74, 6) is 5.52. The van der Waals surface area contributed by atoms with Gasteiger partial charge in [0.1, 0.15) is 0 Å². The van der Waals surface area contributed by atoms with Crippen molar-refractivity contribution in [2.45, 2.75) is 25.3 Å². The number of Topliss-reactive ketones (excluding diaryl/α,β-unsaturated/α-hetero) is 1. The van der Waals surface area contributed by atoms with Gasteiger partial charge in [-0.3, -0.25) is 14.7 Å². The number of allylic oxidation sites excluding steroid dienone is 2. The molecule has 2 aromatic carbocycles. The Balaban J connectivity index is 1.18. The van der Waals surface area contributed by atoms with Gasteiger partial charge in [0, 0.05) is 61.2 Å². The van der Waals surface area contributed by atoms with Gasteiger partial charge in [-0.2, -0.15) is 0 Å². The van der Waals surface area contributed by atoms with Gasteiger partial charge >= 0.3 is 0 Å². The molecule has 2 N–H and O–H groups in total. The van der Waals surface area contributed by atoms with Crippen LogP contribution in [0.1, 0.15) is 41.0 Å².